The lowest BCUT2D eigenvalue weighted by Crippen LogP contribution is -2.57. The van der Waals surface area contributed by atoms with Crippen LogP contribution >= 0.6 is 24.0 Å². The van der Waals surface area contributed by atoms with Crippen molar-refractivity contribution in [3.63, 3.8) is 0 Å². The second-order valence-corrected chi connectivity index (χ2v) is 9.73. The first-order valence-corrected chi connectivity index (χ1v) is 11.3. The molecular formula is C19H33N3O4S2. The lowest BCUT2D eigenvalue weighted by atomic mass is 9.97. The van der Waals surface area contributed by atoms with Gasteiger partial charge in [0.05, 0.1) is 24.6 Å². The van der Waals surface area contributed by atoms with Crippen molar-refractivity contribution in [1.29, 1.82) is 0 Å². The summed E-state index contributed by atoms with van der Waals surface area (Å²) in [4.78, 5) is 29.7. The molecule has 28 heavy (non-hydrogen) atoms. The molecule has 1 N–H and O–H groups in total. The third kappa shape index (κ3) is 5.58. The van der Waals surface area contributed by atoms with Gasteiger partial charge in [-0.15, -0.1) is 0 Å². The smallest absolute Gasteiger partial charge is 0.245 e. The molecular weight excluding hydrogens is 398 g/mol. The molecule has 160 valence electrons. The zero-order valence-corrected chi connectivity index (χ0v) is 19.2. The van der Waals surface area contributed by atoms with Gasteiger partial charge in [-0.25, -0.2) is 0 Å². The molecule has 2 heterocycles. The van der Waals surface area contributed by atoms with Crippen LogP contribution in [0.4, 0.5) is 0 Å². The maximum Gasteiger partial charge on any atom is 0.245 e. The van der Waals surface area contributed by atoms with Crippen LogP contribution in [-0.2, 0) is 19.1 Å². The molecule has 1 unspecified atom stereocenters. The van der Waals surface area contributed by atoms with Gasteiger partial charge in [0.15, 0.2) is 0 Å². The van der Waals surface area contributed by atoms with Crippen LogP contribution in [0.15, 0.2) is 0 Å². The first-order chi connectivity index (χ1) is 13.1. The number of rotatable bonds is 6. The number of thiocarbonyl (C=S) groups is 1. The van der Waals surface area contributed by atoms with E-state index < -0.39 is 17.4 Å². The number of carbonyl (C=O) groups is 2. The third-order valence-electron chi connectivity index (χ3n) is 4.94. The van der Waals surface area contributed by atoms with Gasteiger partial charge in [0, 0.05) is 19.6 Å². The fraction of sp³-hybridized carbons (Fsp3) is 0.842. The number of thioether (sulfide) groups is 1. The molecule has 9 heteroatoms. The lowest BCUT2D eigenvalue weighted by molar-refractivity contribution is -0.149. The van der Waals surface area contributed by atoms with E-state index in [-0.39, 0.29) is 17.6 Å². The Morgan fingerprint density at radius 3 is 2.46 bits per heavy atom. The number of hydrogen-bond acceptors (Lipinski definition) is 6. The zero-order valence-electron chi connectivity index (χ0n) is 17.6. The van der Waals surface area contributed by atoms with Crippen LogP contribution in [0.25, 0.3) is 0 Å². The van der Waals surface area contributed by atoms with Gasteiger partial charge in [-0.3, -0.25) is 14.5 Å². The van der Waals surface area contributed by atoms with Crippen LogP contribution in [0.3, 0.4) is 0 Å². The van der Waals surface area contributed by atoms with E-state index in [1.807, 2.05) is 27.7 Å². The van der Waals surface area contributed by atoms with Crippen LogP contribution in [0.5, 0.6) is 0 Å². The van der Waals surface area contributed by atoms with Gasteiger partial charge < -0.3 is 19.7 Å². The SMILES string of the molecule is CCCCNC(=O)C1N(C(=O)CSC(=S)N2CCOCC2)C(C)(C)OC1(C)C. The fourth-order valence-corrected chi connectivity index (χ4v) is 4.87. The van der Waals surface area contributed by atoms with Gasteiger partial charge in [-0.2, -0.15) is 0 Å². The Morgan fingerprint density at radius 1 is 1.21 bits per heavy atom. The first kappa shape index (κ1) is 23.4. The average Bonchev–Trinajstić information content (AvgIpc) is 2.83. The average molecular weight is 432 g/mol. The minimum Gasteiger partial charge on any atom is -0.378 e. The highest BCUT2D eigenvalue weighted by Crippen LogP contribution is 2.39. The molecule has 2 aliphatic rings. The van der Waals surface area contributed by atoms with Gasteiger partial charge in [-0.1, -0.05) is 37.3 Å². The van der Waals surface area contributed by atoms with Gasteiger partial charge in [-0.05, 0) is 34.1 Å². The summed E-state index contributed by atoms with van der Waals surface area (Å²) in [5.74, 6) is -0.136. The Balaban J connectivity index is 2.06. The molecule has 2 fully saturated rings. The van der Waals surface area contributed by atoms with Gasteiger partial charge in [0.2, 0.25) is 11.8 Å². The molecule has 0 bridgehead atoms. The topological polar surface area (TPSA) is 71.1 Å². The van der Waals surface area contributed by atoms with Crippen molar-refractivity contribution in [1.82, 2.24) is 15.1 Å². The fourth-order valence-electron chi connectivity index (χ4n) is 3.76. The largest absolute Gasteiger partial charge is 0.378 e. The third-order valence-corrected chi connectivity index (χ3v) is 6.45. The summed E-state index contributed by atoms with van der Waals surface area (Å²) in [6, 6.07) is -0.676. The highest BCUT2D eigenvalue weighted by Gasteiger charge is 2.57. The molecule has 7 nitrogen and oxygen atoms in total. The van der Waals surface area contributed by atoms with E-state index >= 15 is 0 Å². The van der Waals surface area contributed by atoms with Crippen molar-refractivity contribution in [2.75, 3.05) is 38.6 Å². The van der Waals surface area contributed by atoms with Crippen LogP contribution in [0.2, 0.25) is 0 Å². The Bertz CT molecular complexity index is 592. The standard InChI is InChI=1S/C19H33N3O4S2/c1-6-7-8-20-16(24)15-18(2,3)26-19(4,5)22(15)14(23)13-28-17(27)21-9-11-25-12-10-21/h15H,6-13H2,1-5H3,(H,20,24). The van der Waals surface area contributed by atoms with E-state index in [1.54, 1.807) is 4.90 Å². The quantitative estimate of drug-likeness (QED) is 0.509. The summed E-state index contributed by atoms with van der Waals surface area (Å²) < 4.78 is 12.1. The first-order valence-electron chi connectivity index (χ1n) is 9.89. The number of ether oxygens (including phenoxy) is 2. The summed E-state index contributed by atoms with van der Waals surface area (Å²) in [5.41, 5.74) is -1.64. The van der Waals surface area contributed by atoms with E-state index in [0.717, 1.165) is 25.9 Å². The van der Waals surface area contributed by atoms with Crippen LogP contribution < -0.4 is 5.32 Å². The van der Waals surface area contributed by atoms with Crippen molar-refractivity contribution in [2.45, 2.75) is 64.8 Å². The molecule has 2 amide bonds. The predicted octanol–water partition coefficient (Wildman–Crippen LogP) is 2.00. The number of nitrogens with one attached hydrogen (secondary N) is 1. The number of carbonyl (C=O) groups excluding carboxylic acids is 2. The van der Waals surface area contributed by atoms with Crippen molar-refractivity contribution in [2.24, 2.45) is 0 Å². The number of hydrogen-bond donors (Lipinski definition) is 1. The molecule has 0 aliphatic carbocycles. The van der Waals surface area contributed by atoms with E-state index in [1.165, 1.54) is 11.8 Å². The van der Waals surface area contributed by atoms with Gasteiger partial charge >= 0.3 is 0 Å². The van der Waals surface area contributed by atoms with E-state index in [0.29, 0.717) is 24.1 Å². The molecule has 0 aromatic rings. The van der Waals surface area contributed by atoms with Gasteiger partial charge in [0.25, 0.3) is 0 Å². The molecule has 2 aliphatic heterocycles. The maximum atomic E-state index is 13.1. The minimum absolute atomic E-state index is 0.146. The molecule has 2 saturated heterocycles. The van der Waals surface area contributed by atoms with Crippen molar-refractivity contribution in [3.8, 4) is 0 Å². The molecule has 0 spiro atoms. The second-order valence-electron chi connectivity index (χ2n) is 8.12. The summed E-state index contributed by atoms with van der Waals surface area (Å²) in [5, 5.41) is 2.95. The predicted molar refractivity (Wildman–Crippen MR) is 115 cm³/mol. The van der Waals surface area contributed by atoms with Crippen LogP contribution in [0, 0.1) is 0 Å². The Morgan fingerprint density at radius 2 is 1.86 bits per heavy atom. The number of morpholine rings is 1. The summed E-state index contributed by atoms with van der Waals surface area (Å²) in [6.45, 7) is 12.8. The van der Waals surface area contributed by atoms with Crippen molar-refractivity contribution in [3.05, 3.63) is 0 Å². The number of unbranched alkanes of at least 4 members (excludes halogenated alkanes) is 1. The van der Waals surface area contributed by atoms with Crippen molar-refractivity contribution < 1.29 is 19.1 Å². The summed E-state index contributed by atoms with van der Waals surface area (Å²) in [7, 11) is 0. The van der Waals surface area contributed by atoms with E-state index in [9.17, 15) is 9.59 Å². The van der Waals surface area contributed by atoms with Crippen LogP contribution in [-0.4, -0.2) is 81.9 Å². The molecule has 0 aromatic carbocycles. The number of amides is 2. The van der Waals surface area contributed by atoms with Crippen molar-refractivity contribution >= 4 is 40.1 Å². The second kappa shape index (κ2) is 9.73. The normalized spacial score (nSPS) is 23.5. The summed E-state index contributed by atoms with van der Waals surface area (Å²) >= 11 is 6.81. The highest BCUT2D eigenvalue weighted by atomic mass is 32.2. The lowest BCUT2D eigenvalue weighted by Gasteiger charge is -2.34. The monoisotopic (exact) mass is 431 g/mol. The molecule has 0 saturated carbocycles. The molecule has 0 radical (unpaired) electrons. The number of nitrogens with zero attached hydrogens (tertiary/aromatic N) is 2. The van der Waals surface area contributed by atoms with E-state index in [4.69, 9.17) is 21.7 Å². The zero-order chi connectivity index (χ0) is 20.9. The summed E-state index contributed by atoms with van der Waals surface area (Å²) in [6.07, 6.45) is 1.90. The Hall–Kier alpha value is -0.900. The Labute approximate surface area is 177 Å². The molecule has 0 aromatic heterocycles. The molecule has 2 rings (SSSR count). The van der Waals surface area contributed by atoms with Crippen LogP contribution in [0.1, 0.15) is 47.5 Å². The van der Waals surface area contributed by atoms with Gasteiger partial charge in [0.1, 0.15) is 16.1 Å². The minimum atomic E-state index is -0.867. The highest BCUT2D eigenvalue weighted by molar-refractivity contribution is 8.23. The maximum absolute atomic E-state index is 13.1. The van der Waals surface area contributed by atoms with E-state index in [2.05, 4.69) is 17.1 Å². The molecule has 1 atom stereocenters. The Kier molecular flexibility index (Phi) is 8.13.